The van der Waals surface area contributed by atoms with Gasteiger partial charge in [0.15, 0.2) is 0 Å². The molecule has 1 aromatic rings. The Morgan fingerprint density at radius 3 is 3.18 bits per heavy atom. The molecule has 0 aliphatic carbocycles. The van der Waals surface area contributed by atoms with Gasteiger partial charge in [0.2, 0.25) is 0 Å². The highest BCUT2D eigenvalue weighted by Crippen LogP contribution is 2.25. The molecule has 1 saturated heterocycles. The van der Waals surface area contributed by atoms with E-state index in [1.165, 1.54) is 0 Å². The van der Waals surface area contributed by atoms with E-state index in [4.69, 9.17) is 10.4 Å². The number of anilines is 1. The van der Waals surface area contributed by atoms with Gasteiger partial charge in [0.1, 0.15) is 17.6 Å². The zero-order valence-corrected chi connectivity index (χ0v) is 9.33. The molecule has 0 saturated carbocycles. The Hall–Kier alpha value is -2.09. The summed E-state index contributed by atoms with van der Waals surface area (Å²) in [6.07, 6.45) is 1.96. The summed E-state index contributed by atoms with van der Waals surface area (Å²) in [6.45, 7) is 0.805. The van der Waals surface area contributed by atoms with Crippen LogP contribution in [-0.4, -0.2) is 28.6 Å². The Morgan fingerprint density at radius 1 is 1.65 bits per heavy atom. The van der Waals surface area contributed by atoms with Gasteiger partial charge < -0.3 is 10.0 Å². The van der Waals surface area contributed by atoms with Crippen molar-refractivity contribution in [3.63, 3.8) is 0 Å². The van der Waals surface area contributed by atoms with Crippen molar-refractivity contribution in [1.29, 1.82) is 5.26 Å². The van der Waals surface area contributed by atoms with Crippen molar-refractivity contribution in [1.82, 2.24) is 4.98 Å². The third-order valence-corrected chi connectivity index (χ3v) is 2.93. The van der Waals surface area contributed by atoms with Crippen LogP contribution in [0.2, 0.25) is 0 Å². The average molecular weight is 231 g/mol. The van der Waals surface area contributed by atoms with E-state index >= 15 is 0 Å². The maximum Gasteiger partial charge on any atom is 0.305 e. The largest absolute Gasteiger partial charge is 0.481 e. The van der Waals surface area contributed by atoms with Crippen molar-refractivity contribution >= 4 is 11.8 Å². The van der Waals surface area contributed by atoms with Crippen LogP contribution in [-0.2, 0) is 4.79 Å². The number of nitrogens with zero attached hydrogens (tertiary/aromatic N) is 3. The van der Waals surface area contributed by atoms with Crippen LogP contribution in [0.4, 0.5) is 5.82 Å². The topological polar surface area (TPSA) is 77.2 Å². The summed E-state index contributed by atoms with van der Waals surface area (Å²) < 4.78 is 0. The molecule has 17 heavy (non-hydrogen) atoms. The van der Waals surface area contributed by atoms with Crippen molar-refractivity contribution in [2.24, 2.45) is 0 Å². The molecule has 1 N–H and O–H groups in total. The Kier molecular flexibility index (Phi) is 3.24. The Labute approximate surface area is 99.3 Å². The highest BCUT2D eigenvalue weighted by molar-refractivity contribution is 5.68. The number of carboxylic acid groups (broad SMARTS) is 1. The average Bonchev–Trinajstić information content (AvgIpc) is 2.76. The second kappa shape index (κ2) is 4.83. The molecule has 1 unspecified atom stereocenters. The molecule has 0 amide bonds. The molecule has 2 rings (SSSR count). The maximum atomic E-state index is 10.8. The molecule has 1 aliphatic heterocycles. The first-order valence-electron chi connectivity index (χ1n) is 5.56. The van der Waals surface area contributed by atoms with Crippen LogP contribution in [0.3, 0.4) is 0 Å². The smallest absolute Gasteiger partial charge is 0.305 e. The third kappa shape index (κ3) is 2.53. The van der Waals surface area contributed by atoms with Crippen molar-refractivity contribution in [2.75, 3.05) is 11.4 Å². The van der Waals surface area contributed by atoms with E-state index < -0.39 is 5.97 Å². The molecular formula is C12H13N3O2. The number of aromatic nitrogens is 1. The second-order valence-corrected chi connectivity index (χ2v) is 4.08. The summed E-state index contributed by atoms with van der Waals surface area (Å²) in [5, 5.41) is 17.6. The lowest BCUT2D eigenvalue weighted by molar-refractivity contribution is -0.137. The molecule has 0 aromatic carbocycles. The fraction of sp³-hybridized carbons (Fsp3) is 0.417. The van der Waals surface area contributed by atoms with Crippen LogP contribution in [0.5, 0.6) is 0 Å². The Balaban J connectivity index is 2.20. The van der Waals surface area contributed by atoms with Crippen LogP contribution >= 0.6 is 0 Å². The molecule has 1 aliphatic rings. The lowest BCUT2D eigenvalue weighted by Crippen LogP contribution is -2.31. The summed E-state index contributed by atoms with van der Waals surface area (Å²) >= 11 is 0. The van der Waals surface area contributed by atoms with E-state index in [1.54, 1.807) is 12.1 Å². The number of pyridine rings is 1. The quantitative estimate of drug-likeness (QED) is 0.850. The summed E-state index contributed by atoms with van der Waals surface area (Å²) in [4.78, 5) is 16.9. The molecule has 5 nitrogen and oxygen atoms in total. The van der Waals surface area contributed by atoms with Gasteiger partial charge in [-0.2, -0.15) is 5.26 Å². The van der Waals surface area contributed by atoms with Gasteiger partial charge in [0.25, 0.3) is 0 Å². The van der Waals surface area contributed by atoms with E-state index in [0.717, 1.165) is 19.4 Å². The Morgan fingerprint density at radius 2 is 2.47 bits per heavy atom. The van der Waals surface area contributed by atoms with Crippen LogP contribution < -0.4 is 4.90 Å². The van der Waals surface area contributed by atoms with Crippen molar-refractivity contribution < 1.29 is 9.90 Å². The molecule has 88 valence electrons. The van der Waals surface area contributed by atoms with Gasteiger partial charge in [0.05, 0.1) is 6.42 Å². The highest BCUT2D eigenvalue weighted by atomic mass is 16.4. The molecule has 2 heterocycles. The van der Waals surface area contributed by atoms with E-state index in [9.17, 15) is 4.79 Å². The van der Waals surface area contributed by atoms with E-state index in [2.05, 4.69) is 4.98 Å². The predicted molar refractivity (Wildman–Crippen MR) is 61.6 cm³/mol. The molecule has 0 radical (unpaired) electrons. The highest BCUT2D eigenvalue weighted by Gasteiger charge is 2.27. The first-order chi connectivity index (χ1) is 8.20. The second-order valence-electron chi connectivity index (χ2n) is 4.08. The monoisotopic (exact) mass is 231 g/mol. The van der Waals surface area contributed by atoms with Gasteiger partial charge in [-0.25, -0.2) is 4.98 Å². The number of hydrogen-bond donors (Lipinski definition) is 1. The minimum atomic E-state index is -0.793. The zero-order chi connectivity index (χ0) is 12.3. The summed E-state index contributed by atoms with van der Waals surface area (Å²) in [5.74, 6) is -0.0915. The first-order valence-corrected chi connectivity index (χ1v) is 5.56. The summed E-state index contributed by atoms with van der Waals surface area (Å²) in [5.41, 5.74) is 0.364. The van der Waals surface area contributed by atoms with Gasteiger partial charge in [-0.15, -0.1) is 0 Å². The van der Waals surface area contributed by atoms with Crippen LogP contribution in [0.1, 0.15) is 25.0 Å². The van der Waals surface area contributed by atoms with Crippen molar-refractivity contribution in [3.8, 4) is 6.07 Å². The Bertz CT molecular complexity index is 467. The summed E-state index contributed by atoms with van der Waals surface area (Å²) in [6, 6.07) is 7.23. The minimum Gasteiger partial charge on any atom is -0.481 e. The molecule has 1 atom stereocenters. The van der Waals surface area contributed by atoms with Gasteiger partial charge >= 0.3 is 5.97 Å². The predicted octanol–water partition coefficient (Wildman–Crippen LogP) is 1.40. The zero-order valence-electron chi connectivity index (χ0n) is 9.33. The number of rotatable bonds is 3. The molecule has 0 spiro atoms. The lowest BCUT2D eigenvalue weighted by Gasteiger charge is -2.24. The minimum absolute atomic E-state index is 0.00561. The fourth-order valence-electron chi connectivity index (χ4n) is 2.20. The number of carbonyl (C=O) groups is 1. The van der Waals surface area contributed by atoms with Crippen molar-refractivity contribution in [3.05, 3.63) is 23.9 Å². The molecule has 1 aromatic heterocycles. The van der Waals surface area contributed by atoms with Crippen molar-refractivity contribution in [2.45, 2.75) is 25.3 Å². The van der Waals surface area contributed by atoms with E-state index in [0.29, 0.717) is 11.5 Å². The van der Waals surface area contributed by atoms with Gasteiger partial charge in [-0.3, -0.25) is 4.79 Å². The maximum absolute atomic E-state index is 10.8. The number of aliphatic carboxylic acids is 1. The molecular weight excluding hydrogens is 218 g/mol. The summed E-state index contributed by atoms with van der Waals surface area (Å²) in [7, 11) is 0. The van der Waals surface area contributed by atoms with E-state index in [-0.39, 0.29) is 12.5 Å². The normalized spacial score (nSPS) is 19.0. The SMILES string of the molecule is N#Cc1cccc(N2CCCC2CC(=O)O)n1. The van der Waals surface area contributed by atoms with Crippen LogP contribution in [0.15, 0.2) is 18.2 Å². The van der Waals surface area contributed by atoms with Crippen LogP contribution in [0, 0.1) is 11.3 Å². The van der Waals surface area contributed by atoms with Gasteiger partial charge in [-0.1, -0.05) is 6.07 Å². The van der Waals surface area contributed by atoms with Gasteiger partial charge in [-0.05, 0) is 25.0 Å². The van der Waals surface area contributed by atoms with Gasteiger partial charge in [0, 0.05) is 12.6 Å². The lowest BCUT2D eigenvalue weighted by atomic mass is 10.1. The number of hydrogen-bond acceptors (Lipinski definition) is 4. The van der Waals surface area contributed by atoms with Crippen LogP contribution in [0.25, 0.3) is 0 Å². The number of nitriles is 1. The molecule has 1 fully saturated rings. The first kappa shape index (κ1) is 11.4. The molecule has 0 bridgehead atoms. The molecule has 5 heteroatoms. The van der Waals surface area contributed by atoms with E-state index in [1.807, 2.05) is 17.0 Å². The standard InChI is InChI=1S/C12H13N3O2/c13-8-9-3-1-5-11(14-9)15-6-2-4-10(15)7-12(16)17/h1,3,5,10H,2,4,6-7H2,(H,16,17). The fourth-order valence-corrected chi connectivity index (χ4v) is 2.20. The number of carboxylic acids is 1. The third-order valence-electron chi connectivity index (χ3n) is 2.93.